The van der Waals surface area contributed by atoms with Gasteiger partial charge in [-0.1, -0.05) is 67.5 Å². The summed E-state index contributed by atoms with van der Waals surface area (Å²) in [4.78, 5) is 28.8. The van der Waals surface area contributed by atoms with Gasteiger partial charge in [-0.05, 0) is 41.3 Å². The van der Waals surface area contributed by atoms with Gasteiger partial charge < -0.3 is 4.74 Å². The molecule has 194 valence electrons. The molecule has 38 heavy (non-hydrogen) atoms. The van der Waals surface area contributed by atoms with Crippen molar-refractivity contribution in [2.24, 2.45) is 5.92 Å². The second kappa shape index (κ2) is 10.3. The summed E-state index contributed by atoms with van der Waals surface area (Å²) in [5.41, 5.74) is 2.58. The first-order valence-corrected chi connectivity index (χ1v) is 14.6. The molecule has 0 unspecified atom stereocenters. The molecule has 0 bridgehead atoms. The van der Waals surface area contributed by atoms with Crippen LogP contribution in [0, 0.1) is 5.92 Å². The fourth-order valence-corrected chi connectivity index (χ4v) is 7.02. The van der Waals surface area contributed by atoms with Crippen molar-refractivity contribution < 1.29 is 9.53 Å². The second-order valence-electron chi connectivity index (χ2n) is 9.70. The minimum absolute atomic E-state index is 0.0316. The number of hydrogen-bond acceptors (Lipinski definition) is 7. The number of thioether (sulfide) groups is 1. The number of rotatable bonds is 7. The fourth-order valence-electron chi connectivity index (χ4n) is 4.77. The Morgan fingerprint density at radius 3 is 2.66 bits per heavy atom. The molecule has 4 heterocycles. The van der Waals surface area contributed by atoms with Crippen LogP contribution in [0.5, 0.6) is 0 Å². The van der Waals surface area contributed by atoms with E-state index in [2.05, 4.69) is 24.0 Å². The largest absolute Gasteiger partial charge is 0.372 e. The zero-order valence-electron chi connectivity index (χ0n) is 20.9. The number of fused-ring (bicyclic) bond motifs is 5. The van der Waals surface area contributed by atoms with E-state index in [1.165, 1.54) is 11.8 Å². The Morgan fingerprint density at radius 2 is 1.92 bits per heavy atom. The van der Waals surface area contributed by atoms with Gasteiger partial charge in [0.15, 0.2) is 10.9 Å². The summed E-state index contributed by atoms with van der Waals surface area (Å²) in [5, 5.41) is 10.7. The maximum atomic E-state index is 14.0. The zero-order chi connectivity index (χ0) is 26.4. The number of Topliss-reactive ketones (excluding diaryl/α,β-unsaturated/α-hetero) is 1. The molecular weight excluding hydrogens is 540 g/mol. The third kappa shape index (κ3) is 4.58. The van der Waals surface area contributed by atoms with Crippen LogP contribution >= 0.6 is 34.7 Å². The van der Waals surface area contributed by atoms with E-state index in [1.807, 2.05) is 34.7 Å². The molecule has 2 aromatic carbocycles. The van der Waals surface area contributed by atoms with Gasteiger partial charge in [0.05, 0.1) is 30.4 Å². The molecule has 7 nitrogen and oxygen atoms in total. The van der Waals surface area contributed by atoms with Crippen molar-refractivity contribution in [1.82, 2.24) is 19.2 Å². The highest BCUT2D eigenvalue weighted by molar-refractivity contribution is 7.99. The summed E-state index contributed by atoms with van der Waals surface area (Å²) >= 11 is 8.85. The average Bonchev–Trinajstić information content (AvgIpc) is 3.52. The van der Waals surface area contributed by atoms with Gasteiger partial charge in [0, 0.05) is 21.9 Å². The Bertz CT molecular complexity index is 1710. The molecule has 0 aliphatic carbocycles. The number of benzene rings is 2. The van der Waals surface area contributed by atoms with Crippen molar-refractivity contribution in [2.45, 2.75) is 44.7 Å². The number of aromatic nitrogens is 4. The number of ketones is 1. The van der Waals surface area contributed by atoms with Crippen molar-refractivity contribution in [3.8, 4) is 0 Å². The number of ether oxygens (including phenoxy) is 1. The topological polar surface area (TPSA) is 78.5 Å². The van der Waals surface area contributed by atoms with Crippen LogP contribution in [0.1, 0.15) is 40.2 Å². The van der Waals surface area contributed by atoms with Crippen LogP contribution in [0.2, 0.25) is 5.02 Å². The summed E-state index contributed by atoms with van der Waals surface area (Å²) in [6.07, 6.45) is 0.753. The third-order valence-electron chi connectivity index (χ3n) is 6.85. The lowest BCUT2D eigenvalue weighted by Gasteiger charge is -2.26. The van der Waals surface area contributed by atoms with Crippen molar-refractivity contribution in [3.05, 3.63) is 91.5 Å². The lowest BCUT2D eigenvalue weighted by Crippen LogP contribution is -2.28. The maximum Gasteiger partial charge on any atom is 0.264 e. The van der Waals surface area contributed by atoms with Gasteiger partial charge >= 0.3 is 0 Å². The van der Waals surface area contributed by atoms with Crippen LogP contribution < -0.4 is 5.56 Å². The summed E-state index contributed by atoms with van der Waals surface area (Å²) in [7, 11) is 0. The standard InChI is InChI=1S/C28H25ClN4O3S2/c1-16(2)22-12-20-23(14-36-22)38-26-24(20)25(35)32(13-17-6-4-3-5-7-17)27-30-31-28(33(26)27)37-15-21(34)18-8-10-19(29)11-9-18/h3-11,16,22H,12-15H2,1-2H3/t22-/m1/s1. The van der Waals surface area contributed by atoms with Gasteiger partial charge in [-0.3, -0.25) is 14.2 Å². The van der Waals surface area contributed by atoms with E-state index >= 15 is 0 Å². The quantitative estimate of drug-likeness (QED) is 0.181. The molecule has 0 radical (unpaired) electrons. The Morgan fingerprint density at radius 1 is 1.16 bits per heavy atom. The molecule has 1 atom stereocenters. The molecule has 3 aromatic heterocycles. The van der Waals surface area contributed by atoms with Gasteiger partial charge in [-0.2, -0.15) is 0 Å². The predicted molar refractivity (Wildman–Crippen MR) is 152 cm³/mol. The Labute approximate surface area is 232 Å². The smallest absolute Gasteiger partial charge is 0.264 e. The molecule has 10 heteroatoms. The average molecular weight is 565 g/mol. The number of carbonyl (C=O) groups is 1. The van der Waals surface area contributed by atoms with E-state index in [-0.39, 0.29) is 23.2 Å². The van der Waals surface area contributed by atoms with Gasteiger partial charge in [0.1, 0.15) is 4.83 Å². The highest BCUT2D eigenvalue weighted by atomic mass is 35.5. The van der Waals surface area contributed by atoms with Crippen LogP contribution in [0.15, 0.2) is 64.5 Å². The first-order chi connectivity index (χ1) is 18.4. The SMILES string of the molecule is CC(C)[C@H]1Cc2c(sc3c2c(=O)n(Cc2ccccc2)c2nnc(SCC(=O)c4ccc(Cl)cc4)n32)CO1. The summed E-state index contributed by atoms with van der Waals surface area (Å²) in [5.74, 6) is 0.961. The van der Waals surface area contributed by atoms with E-state index < -0.39 is 0 Å². The third-order valence-corrected chi connectivity index (χ3v) is 9.22. The Hall–Kier alpha value is -2.98. The summed E-state index contributed by atoms with van der Waals surface area (Å²) in [6, 6.07) is 16.7. The molecule has 0 amide bonds. The predicted octanol–water partition coefficient (Wildman–Crippen LogP) is 5.88. The number of nitrogens with zero attached hydrogens (tertiary/aromatic N) is 4. The Kier molecular flexibility index (Phi) is 6.86. The Balaban J connectivity index is 1.47. The minimum Gasteiger partial charge on any atom is -0.372 e. The van der Waals surface area contributed by atoms with E-state index in [1.54, 1.807) is 40.2 Å². The van der Waals surface area contributed by atoms with Crippen LogP contribution in [0.25, 0.3) is 16.0 Å². The number of thiophene rings is 1. The molecule has 1 aliphatic heterocycles. The van der Waals surface area contributed by atoms with E-state index in [4.69, 9.17) is 16.3 Å². The molecule has 0 saturated carbocycles. The molecule has 1 aliphatic rings. The molecule has 0 spiro atoms. The summed E-state index contributed by atoms with van der Waals surface area (Å²) in [6.45, 7) is 5.14. The van der Waals surface area contributed by atoms with Crippen molar-refractivity contribution >= 4 is 56.5 Å². The van der Waals surface area contributed by atoms with Gasteiger partial charge in [-0.15, -0.1) is 21.5 Å². The fraction of sp³-hybridized carbons (Fsp3) is 0.286. The normalized spacial score (nSPS) is 15.4. The zero-order valence-corrected chi connectivity index (χ0v) is 23.3. The summed E-state index contributed by atoms with van der Waals surface area (Å²) < 4.78 is 9.76. The monoisotopic (exact) mass is 564 g/mol. The van der Waals surface area contributed by atoms with Gasteiger partial charge in [-0.25, -0.2) is 4.40 Å². The second-order valence-corrected chi connectivity index (χ2v) is 12.2. The van der Waals surface area contributed by atoms with E-state index in [0.717, 1.165) is 20.8 Å². The first kappa shape index (κ1) is 25.3. The number of carbonyl (C=O) groups excluding carboxylic acids is 1. The van der Waals surface area contributed by atoms with E-state index in [9.17, 15) is 9.59 Å². The van der Waals surface area contributed by atoms with Crippen LogP contribution in [-0.2, 0) is 24.3 Å². The van der Waals surface area contributed by atoms with Crippen molar-refractivity contribution in [2.75, 3.05) is 5.75 Å². The highest BCUT2D eigenvalue weighted by Crippen LogP contribution is 2.37. The van der Waals surface area contributed by atoms with E-state index in [0.29, 0.717) is 52.4 Å². The lowest BCUT2D eigenvalue weighted by molar-refractivity contribution is 0.00200. The highest BCUT2D eigenvalue weighted by Gasteiger charge is 2.30. The molecule has 0 saturated heterocycles. The molecule has 0 N–H and O–H groups in total. The van der Waals surface area contributed by atoms with Crippen molar-refractivity contribution in [3.63, 3.8) is 0 Å². The molecular formula is C28H25ClN4O3S2. The van der Waals surface area contributed by atoms with Gasteiger partial charge in [0.2, 0.25) is 5.78 Å². The minimum atomic E-state index is -0.0700. The van der Waals surface area contributed by atoms with Crippen LogP contribution in [0.4, 0.5) is 0 Å². The number of hydrogen-bond donors (Lipinski definition) is 0. The number of halogens is 1. The van der Waals surface area contributed by atoms with Crippen LogP contribution in [-0.4, -0.2) is 36.8 Å². The van der Waals surface area contributed by atoms with Gasteiger partial charge in [0.25, 0.3) is 5.56 Å². The van der Waals surface area contributed by atoms with Crippen LogP contribution in [0.3, 0.4) is 0 Å². The lowest BCUT2D eigenvalue weighted by atomic mass is 9.96. The molecule has 5 aromatic rings. The molecule has 0 fully saturated rings. The first-order valence-electron chi connectivity index (χ1n) is 12.4. The molecule has 6 rings (SSSR count). The maximum absolute atomic E-state index is 14.0. The van der Waals surface area contributed by atoms with Crippen molar-refractivity contribution in [1.29, 1.82) is 0 Å².